The third-order valence-corrected chi connectivity index (χ3v) is 4.09. The van der Waals surface area contributed by atoms with E-state index in [0.29, 0.717) is 17.9 Å². The van der Waals surface area contributed by atoms with Gasteiger partial charge < -0.3 is 14.2 Å². The van der Waals surface area contributed by atoms with E-state index in [4.69, 9.17) is 4.74 Å². The lowest BCUT2D eigenvalue weighted by Gasteiger charge is -2.18. The van der Waals surface area contributed by atoms with Crippen molar-refractivity contribution in [3.63, 3.8) is 0 Å². The van der Waals surface area contributed by atoms with Crippen LogP contribution >= 0.6 is 0 Å². The highest BCUT2D eigenvalue weighted by atomic mass is 16.5. The van der Waals surface area contributed by atoms with Crippen molar-refractivity contribution in [1.29, 1.82) is 0 Å². The largest absolute Gasteiger partial charge is 0.497 e. The maximum absolute atomic E-state index is 12.7. The van der Waals surface area contributed by atoms with Crippen LogP contribution in [0, 0.1) is 0 Å². The Bertz CT molecular complexity index is 870. The number of rotatable bonds is 5. The van der Waals surface area contributed by atoms with E-state index in [1.807, 2.05) is 30.3 Å². The lowest BCUT2D eigenvalue weighted by Crippen LogP contribution is -2.27. The van der Waals surface area contributed by atoms with Crippen LogP contribution in [0.15, 0.2) is 48.5 Å². The zero-order valence-corrected chi connectivity index (χ0v) is 14.2. The van der Waals surface area contributed by atoms with E-state index in [-0.39, 0.29) is 5.91 Å². The molecule has 2 aromatic carbocycles. The highest BCUT2D eigenvalue weighted by Gasteiger charge is 2.16. The number of hydrogen-bond donors (Lipinski definition) is 0. The molecule has 0 aliphatic carbocycles. The summed E-state index contributed by atoms with van der Waals surface area (Å²) in [4.78, 5) is 19.0. The molecule has 0 aliphatic rings. The molecule has 0 bridgehead atoms. The highest BCUT2D eigenvalue weighted by molar-refractivity contribution is 5.94. The van der Waals surface area contributed by atoms with Crippen LogP contribution in [-0.2, 0) is 13.1 Å². The highest BCUT2D eigenvalue weighted by Crippen LogP contribution is 2.18. The second kappa shape index (κ2) is 6.74. The number of methoxy groups -OCH3 is 1. The molecule has 124 valence electrons. The summed E-state index contributed by atoms with van der Waals surface area (Å²) in [6, 6.07) is 15.2. The van der Waals surface area contributed by atoms with Gasteiger partial charge in [-0.1, -0.05) is 18.2 Å². The van der Waals surface area contributed by atoms with Gasteiger partial charge in [0.25, 0.3) is 5.91 Å². The van der Waals surface area contributed by atoms with E-state index in [1.54, 1.807) is 31.2 Å². The maximum atomic E-state index is 12.7. The number of para-hydroxylation sites is 2. The molecule has 0 saturated carbocycles. The Kier molecular flexibility index (Phi) is 4.51. The third kappa shape index (κ3) is 2.97. The third-order valence-electron chi connectivity index (χ3n) is 4.09. The van der Waals surface area contributed by atoms with Gasteiger partial charge in [0.1, 0.15) is 11.6 Å². The summed E-state index contributed by atoms with van der Waals surface area (Å²) in [6.07, 6.45) is 0. The van der Waals surface area contributed by atoms with Gasteiger partial charge in [-0.25, -0.2) is 4.98 Å². The molecule has 0 radical (unpaired) electrons. The zero-order chi connectivity index (χ0) is 17.1. The standard InChI is InChI=1S/C19H21N3O2/c1-4-22-17-11-6-5-10-16(17)20-18(22)13-21(2)19(23)14-8-7-9-15(12-14)24-3/h5-12H,4,13H2,1-3H3. The summed E-state index contributed by atoms with van der Waals surface area (Å²) >= 11 is 0. The minimum absolute atomic E-state index is 0.0522. The van der Waals surface area contributed by atoms with Crippen molar-refractivity contribution < 1.29 is 9.53 Å². The summed E-state index contributed by atoms with van der Waals surface area (Å²) < 4.78 is 7.34. The first kappa shape index (κ1) is 16.1. The molecule has 0 spiro atoms. The van der Waals surface area contributed by atoms with Crippen LogP contribution in [0.1, 0.15) is 23.1 Å². The molecular weight excluding hydrogens is 302 g/mol. The van der Waals surface area contributed by atoms with E-state index in [0.717, 1.165) is 23.4 Å². The van der Waals surface area contributed by atoms with Gasteiger partial charge in [-0.2, -0.15) is 0 Å². The van der Waals surface area contributed by atoms with Crippen molar-refractivity contribution in [2.75, 3.05) is 14.2 Å². The lowest BCUT2D eigenvalue weighted by atomic mass is 10.2. The van der Waals surface area contributed by atoms with Gasteiger partial charge in [0.15, 0.2) is 0 Å². The van der Waals surface area contributed by atoms with Crippen LogP contribution in [0.4, 0.5) is 0 Å². The molecule has 3 aromatic rings. The van der Waals surface area contributed by atoms with E-state index in [1.165, 1.54) is 0 Å². The van der Waals surface area contributed by atoms with Crippen molar-refractivity contribution >= 4 is 16.9 Å². The first-order chi connectivity index (χ1) is 11.6. The Hall–Kier alpha value is -2.82. The Labute approximate surface area is 141 Å². The molecule has 0 aliphatic heterocycles. The van der Waals surface area contributed by atoms with Crippen LogP contribution < -0.4 is 4.74 Å². The predicted molar refractivity (Wildman–Crippen MR) is 94.2 cm³/mol. The number of amides is 1. The normalized spacial score (nSPS) is 10.8. The first-order valence-electron chi connectivity index (χ1n) is 7.97. The average molecular weight is 323 g/mol. The number of ether oxygens (including phenoxy) is 1. The molecule has 3 rings (SSSR count). The van der Waals surface area contributed by atoms with E-state index in [2.05, 4.69) is 22.5 Å². The van der Waals surface area contributed by atoms with E-state index in [9.17, 15) is 4.79 Å². The molecule has 5 nitrogen and oxygen atoms in total. The molecule has 1 aromatic heterocycles. The minimum Gasteiger partial charge on any atom is -0.497 e. The van der Waals surface area contributed by atoms with E-state index < -0.39 is 0 Å². The van der Waals surface area contributed by atoms with Crippen LogP contribution in [0.5, 0.6) is 5.75 Å². The maximum Gasteiger partial charge on any atom is 0.254 e. The summed E-state index contributed by atoms with van der Waals surface area (Å²) in [5.74, 6) is 1.51. The number of imidazole rings is 1. The summed E-state index contributed by atoms with van der Waals surface area (Å²) in [7, 11) is 3.39. The molecule has 0 fully saturated rings. The Morgan fingerprint density at radius 1 is 1.21 bits per heavy atom. The molecular formula is C19H21N3O2. The van der Waals surface area contributed by atoms with Crippen molar-refractivity contribution in [3.05, 3.63) is 59.9 Å². The van der Waals surface area contributed by atoms with Crippen molar-refractivity contribution in [2.45, 2.75) is 20.0 Å². The van der Waals surface area contributed by atoms with Crippen LogP contribution in [-0.4, -0.2) is 34.5 Å². The number of carbonyl (C=O) groups is 1. The van der Waals surface area contributed by atoms with Gasteiger partial charge in [0.2, 0.25) is 0 Å². The van der Waals surface area contributed by atoms with Crippen molar-refractivity contribution in [1.82, 2.24) is 14.5 Å². The van der Waals surface area contributed by atoms with Crippen molar-refractivity contribution in [3.8, 4) is 5.75 Å². The smallest absolute Gasteiger partial charge is 0.254 e. The predicted octanol–water partition coefficient (Wildman–Crippen LogP) is 3.34. The van der Waals surface area contributed by atoms with Gasteiger partial charge in [0.05, 0.1) is 24.7 Å². The molecule has 5 heteroatoms. The number of nitrogens with zero attached hydrogens (tertiary/aromatic N) is 3. The van der Waals surface area contributed by atoms with Gasteiger partial charge in [-0.05, 0) is 37.3 Å². The molecule has 0 unspecified atom stereocenters. The van der Waals surface area contributed by atoms with E-state index >= 15 is 0 Å². The Morgan fingerprint density at radius 3 is 2.75 bits per heavy atom. The van der Waals surface area contributed by atoms with Gasteiger partial charge >= 0.3 is 0 Å². The van der Waals surface area contributed by atoms with Gasteiger partial charge in [-0.3, -0.25) is 4.79 Å². The van der Waals surface area contributed by atoms with Gasteiger partial charge in [-0.15, -0.1) is 0 Å². The SMILES string of the molecule is CCn1c(CN(C)C(=O)c2cccc(OC)c2)nc2ccccc21. The molecule has 0 atom stereocenters. The van der Waals surface area contributed by atoms with Gasteiger partial charge in [0, 0.05) is 19.2 Å². The molecule has 1 amide bonds. The quantitative estimate of drug-likeness (QED) is 0.723. The second-order valence-electron chi connectivity index (χ2n) is 5.65. The number of fused-ring (bicyclic) bond motifs is 1. The molecule has 0 saturated heterocycles. The number of hydrogen-bond acceptors (Lipinski definition) is 3. The number of carbonyl (C=O) groups excluding carboxylic acids is 1. The lowest BCUT2D eigenvalue weighted by molar-refractivity contribution is 0.0780. The number of benzene rings is 2. The van der Waals surface area contributed by atoms with Crippen LogP contribution in [0.2, 0.25) is 0 Å². The Morgan fingerprint density at radius 2 is 2.00 bits per heavy atom. The molecule has 24 heavy (non-hydrogen) atoms. The number of aromatic nitrogens is 2. The molecule has 0 N–H and O–H groups in total. The summed E-state index contributed by atoms with van der Waals surface area (Å²) in [5, 5.41) is 0. The minimum atomic E-state index is -0.0522. The van der Waals surface area contributed by atoms with Crippen LogP contribution in [0.3, 0.4) is 0 Å². The Balaban J connectivity index is 1.86. The molecule has 1 heterocycles. The monoisotopic (exact) mass is 323 g/mol. The van der Waals surface area contributed by atoms with Crippen molar-refractivity contribution in [2.24, 2.45) is 0 Å². The average Bonchev–Trinajstić information content (AvgIpc) is 2.97. The topological polar surface area (TPSA) is 47.4 Å². The fourth-order valence-corrected chi connectivity index (χ4v) is 2.86. The fourth-order valence-electron chi connectivity index (χ4n) is 2.86. The summed E-state index contributed by atoms with van der Waals surface area (Å²) in [6.45, 7) is 3.36. The second-order valence-corrected chi connectivity index (χ2v) is 5.65. The summed E-state index contributed by atoms with van der Waals surface area (Å²) in [5.41, 5.74) is 2.66. The zero-order valence-electron chi connectivity index (χ0n) is 14.2. The number of aryl methyl sites for hydroxylation is 1. The first-order valence-corrected chi connectivity index (χ1v) is 7.97. The van der Waals surface area contributed by atoms with Crippen LogP contribution in [0.25, 0.3) is 11.0 Å². The fraction of sp³-hybridized carbons (Fsp3) is 0.263.